The van der Waals surface area contributed by atoms with Crippen LogP contribution in [0.5, 0.6) is 0 Å². The number of hydrogen-bond acceptors (Lipinski definition) is 4. The van der Waals surface area contributed by atoms with Gasteiger partial charge in [-0.2, -0.15) is 0 Å². The van der Waals surface area contributed by atoms with Crippen molar-refractivity contribution in [1.29, 1.82) is 0 Å². The van der Waals surface area contributed by atoms with E-state index in [-0.39, 0.29) is 16.7 Å². The lowest BCUT2D eigenvalue weighted by Gasteiger charge is -2.07. The molecule has 0 aliphatic carbocycles. The fraction of sp³-hybridized carbons (Fsp3) is 0.455. The third kappa shape index (κ3) is 4.52. The Morgan fingerprint density at radius 3 is 2.88 bits per heavy atom. The normalized spacial score (nSPS) is 12.4. The molecule has 5 nitrogen and oxygen atoms in total. The van der Waals surface area contributed by atoms with Crippen molar-refractivity contribution in [3.8, 4) is 0 Å². The van der Waals surface area contributed by atoms with E-state index in [4.69, 9.17) is 5.73 Å². The van der Waals surface area contributed by atoms with E-state index in [1.54, 1.807) is 12.1 Å². The number of carbonyl (C=O) groups excluding carboxylic acids is 1. The zero-order valence-corrected chi connectivity index (χ0v) is 10.8. The molecule has 1 aromatic rings. The van der Waals surface area contributed by atoms with E-state index in [0.717, 1.165) is 0 Å². The van der Waals surface area contributed by atoms with Crippen molar-refractivity contribution in [3.05, 3.63) is 18.3 Å². The molecule has 1 unspecified atom stereocenters. The molecule has 17 heavy (non-hydrogen) atoms. The second-order valence-electron chi connectivity index (χ2n) is 4.09. The second-order valence-corrected chi connectivity index (χ2v) is 5.45. The molecule has 1 atom stereocenters. The number of nitrogens with two attached hydrogens (primary N) is 1. The number of anilines is 1. The van der Waals surface area contributed by atoms with Gasteiger partial charge in [0.15, 0.2) is 5.03 Å². The maximum Gasteiger partial charge on any atom is 0.233 e. The zero-order valence-electron chi connectivity index (χ0n) is 9.97. The Bertz CT molecular complexity index is 421. The maximum absolute atomic E-state index is 11.8. The molecule has 0 bridgehead atoms. The first-order valence-corrected chi connectivity index (χ1v) is 6.68. The quantitative estimate of drug-likeness (QED) is 0.804. The van der Waals surface area contributed by atoms with Crippen molar-refractivity contribution in [2.24, 2.45) is 5.92 Å². The first-order valence-electron chi connectivity index (χ1n) is 5.36. The fourth-order valence-electron chi connectivity index (χ4n) is 1.15. The van der Waals surface area contributed by atoms with Gasteiger partial charge in [-0.3, -0.25) is 9.00 Å². The zero-order chi connectivity index (χ0) is 12.8. The lowest BCUT2D eigenvalue weighted by atomic mass is 10.2. The highest BCUT2D eigenvalue weighted by Gasteiger charge is 2.13. The van der Waals surface area contributed by atoms with Gasteiger partial charge in [0.1, 0.15) is 5.75 Å². The smallest absolute Gasteiger partial charge is 0.233 e. The summed E-state index contributed by atoms with van der Waals surface area (Å²) in [5, 5.41) is 2.97. The molecule has 0 aromatic carbocycles. The van der Waals surface area contributed by atoms with Crippen LogP contribution in [0, 0.1) is 5.92 Å². The lowest BCUT2D eigenvalue weighted by Crippen LogP contribution is -2.31. The van der Waals surface area contributed by atoms with Crippen LogP contribution in [0.2, 0.25) is 0 Å². The van der Waals surface area contributed by atoms with Crippen LogP contribution in [0.1, 0.15) is 13.8 Å². The average Bonchev–Trinajstić information content (AvgIpc) is 2.26. The van der Waals surface area contributed by atoms with Crippen LogP contribution >= 0.6 is 0 Å². The monoisotopic (exact) mass is 255 g/mol. The van der Waals surface area contributed by atoms with Gasteiger partial charge < -0.3 is 11.1 Å². The van der Waals surface area contributed by atoms with Crippen molar-refractivity contribution < 1.29 is 9.00 Å². The summed E-state index contributed by atoms with van der Waals surface area (Å²) in [6.07, 6.45) is 1.51. The van der Waals surface area contributed by atoms with E-state index in [2.05, 4.69) is 10.3 Å². The van der Waals surface area contributed by atoms with Crippen LogP contribution < -0.4 is 11.1 Å². The van der Waals surface area contributed by atoms with Crippen LogP contribution in [0.25, 0.3) is 0 Å². The molecule has 0 aliphatic heterocycles. The summed E-state index contributed by atoms with van der Waals surface area (Å²) in [6.45, 7) is 4.57. The van der Waals surface area contributed by atoms with Crippen LogP contribution in [0.4, 0.5) is 5.69 Å². The molecule has 6 heteroatoms. The van der Waals surface area contributed by atoms with Gasteiger partial charge in [0.05, 0.1) is 16.5 Å². The highest BCUT2D eigenvalue weighted by Crippen LogP contribution is 2.11. The number of aromatic nitrogens is 1. The van der Waals surface area contributed by atoms with Gasteiger partial charge in [-0.05, 0) is 18.1 Å². The average molecular weight is 255 g/mol. The Labute approximate surface area is 103 Å². The molecule has 0 fully saturated rings. The molecule has 1 aromatic heterocycles. The van der Waals surface area contributed by atoms with Gasteiger partial charge in [0.25, 0.3) is 0 Å². The van der Waals surface area contributed by atoms with Gasteiger partial charge in [0, 0.05) is 12.7 Å². The van der Waals surface area contributed by atoms with E-state index < -0.39 is 10.8 Å². The molecule has 94 valence electrons. The molecular formula is C11H17N3O2S. The number of pyridine rings is 1. The number of amides is 1. The number of nitrogens with zero attached hydrogens (tertiary/aromatic N) is 1. The molecule has 1 amide bonds. The van der Waals surface area contributed by atoms with Crippen LogP contribution in [0.15, 0.2) is 23.4 Å². The van der Waals surface area contributed by atoms with Crippen molar-refractivity contribution in [1.82, 2.24) is 10.3 Å². The summed E-state index contributed by atoms with van der Waals surface area (Å²) in [5.74, 6) is 0.0166. The van der Waals surface area contributed by atoms with E-state index in [1.807, 2.05) is 13.8 Å². The first kappa shape index (κ1) is 13.6. The summed E-state index contributed by atoms with van der Waals surface area (Å²) in [5.41, 5.74) is 5.98. The Hall–Kier alpha value is -1.43. The third-order valence-electron chi connectivity index (χ3n) is 1.99. The summed E-state index contributed by atoms with van der Waals surface area (Å²) < 4.78 is 11.8. The minimum absolute atomic E-state index is 0.103. The number of nitrogen functional groups attached to an aromatic ring is 1. The first-order chi connectivity index (χ1) is 8.00. The molecule has 0 spiro atoms. The highest BCUT2D eigenvalue weighted by molar-refractivity contribution is 7.85. The molecule has 1 heterocycles. The van der Waals surface area contributed by atoms with E-state index in [9.17, 15) is 9.00 Å². The van der Waals surface area contributed by atoms with Crippen molar-refractivity contribution >= 4 is 22.4 Å². The largest absolute Gasteiger partial charge is 0.396 e. The number of nitrogens with one attached hydrogen (secondary N) is 1. The molecule has 0 aliphatic rings. The Morgan fingerprint density at radius 2 is 2.29 bits per heavy atom. The summed E-state index contributed by atoms with van der Waals surface area (Å²) >= 11 is 0. The minimum Gasteiger partial charge on any atom is -0.396 e. The Kier molecular flexibility index (Phi) is 5.09. The van der Waals surface area contributed by atoms with Gasteiger partial charge in [-0.25, -0.2) is 4.98 Å². The van der Waals surface area contributed by atoms with Gasteiger partial charge in [0.2, 0.25) is 5.91 Å². The molecule has 1 rings (SSSR count). The number of rotatable bonds is 5. The van der Waals surface area contributed by atoms with E-state index >= 15 is 0 Å². The predicted octanol–water partition coefficient (Wildman–Crippen LogP) is 0.544. The molecular weight excluding hydrogens is 238 g/mol. The molecule has 0 radical (unpaired) electrons. The summed E-state index contributed by atoms with van der Waals surface area (Å²) in [7, 11) is -1.49. The van der Waals surface area contributed by atoms with Crippen molar-refractivity contribution in [2.45, 2.75) is 18.9 Å². The topological polar surface area (TPSA) is 85.1 Å². The summed E-state index contributed by atoms with van der Waals surface area (Å²) in [6, 6.07) is 3.28. The van der Waals surface area contributed by atoms with Gasteiger partial charge >= 0.3 is 0 Å². The van der Waals surface area contributed by atoms with Crippen LogP contribution in [-0.2, 0) is 15.6 Å². The number of hydrogen-bond donors (Lipinski definition) is 2. The van der Waals surface area contributed by atoms with Gasteiger partial charge in [-0.15, -0.1) is 0 Å². The van der Waals surface area contributed by atoms with Crippen molar-refractivity contribution in [2.75, 3.05) is 18.0 Å². The van der Waals surface area contributed by atoms with E-state index in [1.165, 1.54) is 6.20 Å². The molecule has 0 saturated carbocycles. The van der Waals surface area contributed by atoms with Crippen LogP contribution in [0.3, 0.4) is 0 Å². The van der Waals surface area contributed by atoms with E-state index in [0.29, 0.717) is 18.2 Å². The Morgan fingerprint density at radius 1 is 1.59 bits per heavy atom. The lowest BCUT2D eigenvalue weighted by molar-refractivity contribution is -0.118. The predicted molar refractivity (Wildman–Crippen MR) is 67.8 cm³/mol. The molecule has 3 N–H and O–H groups in total. The molecule has 0 saturated heterocycles. The standard InChI is InChI=1S/C11H17N3O2S/c1-8(2)6-14-10(15)7-17(16)11-9(12)4-3-5-13-11/h3-5,8H,6-7,12H2,1-2H3,(H,14,15). The summed E-state index contributed by atoms with van der Waals surface area (Å²) in [4.78, 5) is 15.4. The van der Waals surface area contributed by atoms with Crippen molar-refractivity contribution in [3.63, 3.8) is 0 Å². The highest BCUT2D eigenvalue weighted by atomic mass is 32.2. The SMILES string of the molecule is CC(C)CNC(=O)CS(=O)c1ncccc1N. The minimum atomic E-state index is -1.49. The number of carbonyl (C=O) groups is 1. The third-order valence-corrected chi connectivity index (χ3v) is 3.28. The van der Waals surface area contributed by atoms with Crippen LogP contribution in [-0.4, -0.2) is 27.4 Å². The second kappa shape index (κ2) is 6.34. The van der Waals surface area contributed by atoms with Gasteiger partial charge in [-0.1, -0.05) is 13.8 Å². The maximum atomic E-state index is 11.8. The Balaban J connectivity index is 2.55. The fourth-order valence-corrected chi connectivity index (χ4v) is 2.14.